The van der Waals surface area contributed by atoms with Gasteiger partial charge in [-0.2, -0.15) is 0 Å². The molecule has 0 aromatic heterocycles. The summed E-state index contributed by atoms with van der Waals surface area (Å²) in [5.74, 6) is -0.346. The van der Waals surface area contributed by atoms with Gasteiger partial charge >= 0.3 is 0 Å². The molecule has 4 nitrogen and oxygen atoms in total. The van der Waals surface area contributed by atoms with Gasteiger partial charge in [-0.05, 0) is 36.8 Å². The van der Waals surface area contributed by atoms with Gasteiger partial charge in [0.1, 0.15) is 12.4 Å². The molecule has 1 amide bonds. The van der Waals surface area contributed by atoms with E-state index in [2.05, 4.69) is 0 Å². The van der Waals surface area contributed by atoms with E-state index in [1.165, 1.54) is 4.90 Å². The Balaban J connectivity index is 1.74. The van der Waals surface area contributed by atoms with Gasteiger partial charge in [0, 0.05) is 0 Å². The second kappa shape index (κ2) is 5.81. The van der Waals surface area contributed by atoms with Crippen molar-refractivity contribution in [1.82, 2.24) is 0 Å². The summed E-state index contributed by atoms with van der Waals surface area (Å²) in [5.41, 5.74) is 1.93. The SMILES string of the molecule is Cc1cccc(OCCN2C(=O)C(=O)c3cccc(Cl)c32)c1. The molecule has 1 aliphatic rings. The van der Waals surface area contributed by atoms with E-state index in [0.29, 0.717) is 16.3 Å². The van der Waals surface area contributed by atoms with E-state index >= 15 is 0 Å². The minimum absolute atomic E-state index is 0.273. The van der Waals surface area contributed by atoms with Gasteiger partial charge in [0.2, 0.25) is 0 Å². The highest BCUT2D eigenvalue weighted by Crippen LogP contribution is 2.35. The number of amides is 1. The van der Waals surface area contributed by atoms with Crippen LogP contribution in [-0.2, 0) is 4.79 Å². The fraction of sp³-hybridized carbons (Fsp3) is 0.176. The average molecular weight is 316 g/mol. The zero-order valence-electron chi connectivity index (χ0n) is 12.0. The second-order valence-corrected chi connectivity index (χ2v) is 5.49. The Kier molecular flexibility index (Phi) is 3.86. The number of hydrogen-bond donors (Lipinski definition) is 0. The van der Waals surface area contributed by atoms with E-state index in [0.717, 1.165) is 11.3 Å². The Bertz CT molecular complexity index is 757. The minimum atomic E-state index is -0.559. The van der Waals surface area contributed by atoms with Crippen molar-refractivity contribution in [3.8, 4) is 5.75 Å². The molecule has 0 saturated carbocycles. The molecule has 0 N–H and O–H groups in total. The number of carbonyl (C=O) groups excluding carboxylic acids is 2. The van der Waals surface area contributed by atoms with E-state index in [4.69, 9.17) is 16.3 Å². The van der Waals surface area contributed by atoms with Crippen molar-refractivity contribution < 1.29 is 14.3 Å². The molecule has 2 aromatic carbocycles. The fourth-order valence-corrected chi connectivity index (χ4v) is 2.76. The zero-order valence-corrected chi connectivity index (χ0v) is 12.8. The van der Waals surface area contributed by atoms with Crippen molar-refractivity contribution in [2.24, 2.45) is 0 Å². The molecule has 5 heteroatoms. The average Bonchev–Trinajstić information content (AvgIpc) is 2.74. The number of nitrogens with zero attached hydrogens (tertiary/aromatic N) is 1. The van der Waals surface area contributed by atoms with Gasteiger partial charge in [0.15, 0.2) is 0 Å². The van der Waals surface area contributed by atoms with Crippen LogP contribution in [0.3, 0.4) is 0 Å². The first-order valence-electron chi connectivity index (χ1n) is 6.92. The number of ether oxygens (including phenoxy) is 1. The number of anilines is 1. The minimum Gasteiger partial charge on any atom is -0.492 e. The fourth-order valence-electron chi connectivity index (χ4n) is 2.49. The molecule has 1 heterocycles. The maximum absolute atomic E-state index is 12.1. The lowest BCUT2D eigenvalue weighted by Crippen LogP contribution is -2.33. The lowest BCUT2D eigenvalue weighted by atomic mass is 10.1. The molecule has 22 heavy (non-hydrogen) atoms. The highest BCUT2D eigenvalue weighted by atomic mass is 35.5. The van der Waals surface area contributed by atoms with Gasteiger partial charge < -0.3 is 4.74 Å². The highest BCUT2D eigenvalue weighted by Gasteiger charge is 2.37. The normalized spacial score (nSPS) is 13.5. The molecule has 2 aromatic rings. The van der Waals surface area contributed by atoms with Crippen LogP contribution in [0.15, 0.2) is 42.5 Å². The molecule has 0 fully saturated rings. The third-order valence-electron chi connectivity index (χ3n) is 3.51. The number of ketones is 1. The standard InChI is InChI=1S/C17H14ClNO3/c1-11-4-2-5-12(10-11)22-9-8-19-15-13(16(20)17(19)21)6-3-7-14(15)18/h2-7,10H,8-9H2,1H3. The molecule has 0 radical (unpaired) electrons. The summed E-state index contributed by atoms with van der Waals surface area (Å²) in [6.45, 7) is 2.54. The predicted octanol–water partition coefficient (Wildman–Crippen LogP) is 3.26. The number of para-hydroxylation sites is 1. The van der Waals surface area contributed by atoms with Crippen LogP contribution < -0.4 is 9.64 Å². The van der Waals surface area contributed by atoms with Crippen molar-refractivity contribution in [2.75, 3.05) is 18.1 Å². The molecular formula is C17H14ClNO3. The van der Waals surface area contributed by atoms with Gasteiger partial charge in [-0.3, -0.25) is 14.5 Å². The number of Topliss-reactive ketones (excluding diaryl/α,β-unsaturated/α-hetero) is 1. The first-order chi connectivity index (χ1) is 10.6. The van der Waals surface area contributed by atoms with E-state index < -0.39 is 11.7 Å². The third-order valence-corrected chi connectivity index (χ3v) is 3.82. The Hall–Kier alpha value is -2.33. The van der Waals surface area contributed by atoms with Gasteiger partial charge in [-0.15, -0.1) is 0 Å². The van der Waals surface area contributed by atoms with Gasteiger partial charge in [0.05, 0.1) is 22.8 Å². The predicted molar refractivity (Wildman–Crippen MR) is 84.8 cm³/mol. The molecular weight excluding hydrogens is 302 g/mol. The molecule has 0 unspecified atom stereocenters. The zero-order chi connectivity index (χ0) is 15.7. The van der Waals surface area contributed by atoms with Crippen molar-refractivity contribution in [1.29, 1.82) is 0 Å². The number of hydrogen-bond acceptors (Lipinski definition) is 3. The number of carbonyl (C=O) groups is 2. The first-order valence-corrected chi connectivity index (χ1v) is 7.30. The summed E-state index contributed by atoms with van der Waals surface area (Å²) in [5, 5.41) is 0.396. The summed E-state index contributed by atoms with van der Waals surface area (Å²) in [6, 6.07) is 12.6. The van der Waals surface area contributed by atoms with Crippen LogP contribution >= 0.6 is 11.6 Å². The van der Waals surface area contributed by atoms with Crippen LogP contribution in [0.1, 0.15) is 15.9 Å². The summed E-state index contributed by atoms with van der Waals surface area (Å²) >= 11 is 6.12. The summed E-state index contributed by atoms with van der Waals surface area (Å²) < 4.78 is 5.64. The number of aryl methyl sites for hydroxylation is 1. The number of halogens is 1. The molecule has 112 valence electrons. The van der Waals surface area contributed by atoms with Gasteiger partial charge in [0.25, 0.3) is 11.7 Å². The highest BCUT2D eigenvalue weighted by molar-refractivity contribution is 6.54. The van der Waals surface area contributed by atoms with Crippen LogP contribution in [0, 0.1) is 6.92 Å². The molecule has 3 rings (SSSR count). The number of fused-ring (bicyclic) bond motifs is 1. The van der Waals surface area contributed by atoms with Crippen molar-refractivity contribution in [2.45, 2.75) is 6.92 Å². The van der Waals surface area contributed by atoms with E-state index in [-0.39, 0.29) is 13.2 Å². The lowest BCUT2D eigenvalue weighted by Gasteiger charge is -2.18. The monoisotopic (exact) mass is 315 g/mol. The Labute approximate surface area is 133 Å². The molecule has 0 spiro atoms. The van der Waals surface area contributed by atoms with E-state index in [9.17, 15) is 9.59 Å². The maximum Gasteiger partial charge on any atom is 0.299 e. The third kappa shape index (κ3) is 2.57. The van der Waals surface area contributed by atoms with Gasteiger partial charge in [-0.1, -0.05) is 29.8 Å². The van der Waals surface area contributed by atoms with Crippen LogP contribution in [0.25, 0.3) is 0 Å². The Morgan fingerprint density at radius 2 is 1.91 bits per heavy atom. The molecule has 0 atom stereocenters. The van der Waals surface area contributed by atoms with E-state index in [1.807, 2.05) is 31.2 Å². The molecule has 0 saturated heterocycles. The summed E-state index contributed by atoms with van der Waals surface area (Å²) in [4.78, 5) is 25.4. The Morgan fingerprint density at radius 3 is 2.68 bits per heavy atom. The number of benzene rings is 2. The first kappa shape index (κ1) is 14.6. The van der Waals surface area contributed by atoms with Crippen molar-refractivity contribution >= 4 is 29.0 Å². The molecule has 0 aliphatic carbocycles. The summed E-state index contributed by atoms with van der Waals surface area (Å²) in [6.07, 6.45) is 0. The van der Waals surface area contributed by atoms with Crippen LogP contribution in [0.2, 0.25) is 5.02 Å². The quantitative estimate of drug-likeness (QED) is 0.814. The largest absolute Gasteiger partial charge is 0.492 e. The molecule has 0 bridgehead atoms. The van der Waals surface area contributed by atoms with Gasteiger partial charge in [-0.25, -0.2) is 0 Å². The lowest BCUT2D eigenvalue weighted by molar-refractivity contribution is -0.114. The molecule has 1 aliphatic heterocycles. The van der Waals surface area contributed by atoms with Crippen LogP contribution in [0.4, 0.5) is 5.69 Å². The Morgan fingerprint density at radius 1 is 1.14 bits per heavy atom. The van der Waals surface area contributed by atoms with E-state index in [1.54, 1.807) is 18.2 Å². The van der Waals surface area contributed by atoms with Crippen LogP contribution in [0.5, 0.6) is 5.75 Å². The van der Waals surface area contributed by atoms with Crippen molar-refractivity contribution in [3.05, 3.63) is 58.6 Å². The number of rotatable bonds is 4. The van der Waals surface area contributed by atoms with Crippen molar-refractivity contribution in [3.63, 3.8) is 0 Å². The summed E-state index contributed by atoms with van der Waals surface area (Å²) in [7, 11) is 0. The topological polar surface area (TPSA) is 46.6 Å². The maximum atomic E-state index is 12.1. The smallest absolute Gasteiger partial charge is 0.299 e. The second-order valence-electron chi connectivity index (χ2n) is 5.09. The van der Waals surface area contributed by atoms with Crippen LogP contribution in [-0.4, -0.2) is 24.8 Å².